The van der Waals surface area contributed by atoms with Crippen molar-refractivity contribution in [2.24, 2.45) is 0 Å². The van der Waals surface area contributed by atoms with Gasteiger partial charge in [0.2, 0.25) is 0 Å². The molecule has 12 heavy (non-hydrogen) atoms. The molecular formula is C10H21NO. The molecule has 0 amide bonds. The second-order valence-electron chi connectivity index (χ2n) is 3.65. The topological polar surface area (TPSA) is 20.3 Å². The van der Waals surface area contributed by atoms with Crippen LogP contribution in [0.1, 0.15) is 39.5 Å². The van der Waals surface area contributed by atoms with E-state index in [0.29, 0.717) is 11.8 Å². The Bertz CT molecular complexity index is 132. The Balaban J connectivity index is 3.70. The Labute approximate surface area is 75.9 Å². The maximum Gasteiger partial charge on any atom is 0.129 e. The molecule has 0 aliphatic rings. The standard InChI is InChI=1S/C10H21NO/c1-5-6-10(11(3)4)8-7-9(2)12/h10H,5-8H2,1-4H3. The number of rotatable bonds is 6. The third kappa shape index (κ3) is 5.30. The average molecular weight is 171 g/mol. The van der Waals surface area contributed by atoms with Crippen molar-refractivity contribution in [3.8, 4) is 0 Å². The summed E-state index contributed by atoms with van der Waals surface area (Å²) in [5.74, 6) is 0.304. The van der Waals surface area contributed by atoms with Crippen LogP contribution in [0.3, 0.4) is 0 Å². The largest absolute Gasteiger partial charge is 0.306 e. The van der Waals surface area contributed by atoms with Crippen LogP contribution in [0, 0.1) is 0 Å². The molecule has 2 heteroatoms. The van der Waals surface area contributed by atoms with Crippen molar-refractivity contribution in [1.29, 1.82) is 0 Å². The molecule has 0 saturated carbocycles. The van der Waals surface area contributed by atoms with Crippen LogP contribution in [0.25, 0.3) is 0 Å². The van der Waals surface area contributed by atoms with Gasteiger partial charge in [0, 0.05) is 12.5 Å². The van der Waals surface area contributed by atoms with Crippen LogP contribution in [0.2, 0.25) is 0 Å². The molecule has 0 radical (unpaired) electrons. The number of hydrogen-bond donors (Lipinski definition) is 0. The number of carbonyl (C=O) groups excluding carboxylic acids is 1. The SMILES string of the molecule is CCCC(CCC(C)=O)N(C)C. The van der Waals surface area contributed by atoms with E-state index in [1.807, 2.05) is 0 Å². The number of carbonyl (C=O) groups is 1. The number of ketones is 1. The lowest BCUT2D eigenvalue weighted by atomic mass is 10.0. The summed E-state index contributed by atoms with van der Waals surface area (Å²) in [6.07, 6.45) is 4.13. The third-order valence-electron chi connectivity index (χ3n) is 2.18. The van der Waals surface area contributed by atoms with Gasteiger partial charge in [-0.1, -0.05) is 13.3 Å². The van der Waals surface area contributed by atoms with Gasteiger partial charge in [0.1, 0.15) is 5.78 Å². The Morgan fingerprint density at radius 3 is 2.25 bits per heavy atom. The first-order valence-corrected chi connectivity index (χ1v) is 4.73. The van der Waals surface area contributed by atoms with Gasteiger partial charge in [0.15, 0.2) is 0 Å². The molecule has 1 atom stereocenters. The van der Waals surface area contributed by atoms with E-state index < -0.39 is 0 Å². The smallest absolute Gasteiger partial charge is 0.129 e. The maximum absolute atomic E-state index is 10.8. The van der Waals surface area contributed by atoms with Crippen molar-refractivity contribution in [1.82, 2.24) is 4.90 Å². The van der Waals surface area contributed by atoms with E-state index in [4.69, 9.17) is 0 Å². The van der Waals surface area contributed by atoms with E-state index in [9.17, 15) is 4.79 Å². The molecule has 0 aromatic carbocycles. The predicted molar refractivity (Wildman–Crippen MR) is 52.3 cm³/mol. The van der Waals surface area contributed by atoms with Gasteiger partial charge in [-0.3, -0.25) is 0 Å². The summed E-state index contributed by atoms with van der Waals surface area (Å²) in [6.45, 7) is 3.85. The van der Waals surface area contributed by atoms with Crippen LogP contribution in [-0.2, 0) is 4.79 Å². The zero-order valence-corrected chi connectivity index (χ0v) is 8.76. The summed E-state index contributed by atoms with van der Waals surface area (Å²) in [6, 6.07) is 0.582. The van der Waals surface area contributed by atoms with Crippen LogP contribution >= 0.6 is 0 Å². The van der Waals surface area contributed by atoms with Crippen LogP contribution in [0.15, 0.2) is 0 Å². The summed E-state index contributed by atoms with van der Waals surface area (Å²) >= 11 is 0. The van der Waals surface area contributed by atoms with Crippen LogP contribution in [0.4, 0.5) is 0 Å². The average Bonchev–Trinajstić information content (AvgIpc) is 1.96. The van der Waals surface area contributed by atoms with Gasteiger partial charge in [-0.2, -0.15) is 0 Å². The van der Waals surface area contributed by atoms with Gasteiger partial charge in [0.05, 0.1) is 0 Å². The van der Waals surface area contributed by atoms with Gasteiger partial charge in [-0.05, 0) is 33.9 Å². The quantitative estimate of drug-likeness (QED) is 0.610. The molecule has 0 aromatic rings. The Kier molecular flexibility index (Phi) is 5.99. The summed E-state index contributed by atoms with van der Waals surface area (Å²) < 4.78 is 0. The number of hydrogen-bond acceptors (Lipinski definition) is 2. The number of Topliss-reactive ketones (excluding diaryl/α,β-unsaturated/α-hetero) is 1. The molecule has 0 aliphatic heterocycles. The summed E-state index contributed by atoms with van der Waals surface area (Å²) in [7, 11) is 4.17. The van der Waals surface area contributed by atoms with E-state index >= 15 is 0 Å². The maximum atomic E-state index is 10.8. The fourth-order valence-electron chi connectivity index (χ4n) is 1.36. The molecule has 0 spiro atoms. The highest BCUT2D eigenvalue weighted by Crippen LogP contribution is 2.09. The minimum Gasteiger partial charge on any atom is -0.306 e. The van der Waals surface area contributed by atoms with Crippen LogP contribution < -0.4 is 0 Å². The molecule has 0 aliphatic carbocycles. The molecule has 0 rings (SSSR count). The molecular weight excluding hydrogens is 150 g/mol. The van der Waals surface area contributed by atoms with Crippen molar-refractivity contribution in [2.45, 2.75) is 45.6 Å². The van der Waals surface area contributed by atoms with Gasteiger partial charge >= 0.3 is 0 Å². The molecule has 0 heterocycles. The molecule has 72 valence electrons. The Morgan fingerprint density at radius 1 is 1.33 bits per heavy atom. The van der Waals surface area contributed by atoms with Crippen molar-refractivity contribution in [2.75, 3.05) is 14.1 Å². The van der Waals surface area contributed by atoms with Gasteiger partial charge in [-0.15, -0.1) is 0 Å². The van der Waals surface area contributed by atoms with Crippen LogP contribution in [-0.4, -0.2) is 30.8 Å². The first-order chi connectivity index (χ1) is 5.57. The highest BCUT2D eigenvalue weighted by atomic mass is 16.1. The third-order valence-corrected chi connectivity index (χ3v) is 2.18. The fraction of sp³-hybridized carbons (Fsp3) is 0.900. The van der Waals surface area contributed by atoms with Crippen molar-refractivity contribution < 1.29 is 4.79 Å². The van der Waals surface area contributed by atoms with Crippen molar-refractivity contribution in [3.05, 3.63) is 0 Å². The molecule has 2 nitrogen and oxygen atoms in total. The van der Waals surface area contributed by atoms with Crippen molar-refractivity contribution >= 4 is 5.78 Å². The van der Waals surface area contributed by atoms with Gasteiger partial charge in [-0.25, -0.2) is 0 Å². The monoisotopic (exact) mass is 171 g/mol. The van der Waals surface area contributed by atoms with E-state index in [0.717, 1.165) is 12.8 Å². The zero-order chi connectivity index (χ0) is 9.56. The Hall–Kier alpha value is -0.370. The lowest BCUT2D eigenvalue weighted by Gasteiger charge is -2.23. The Morgan fingerprint density at radius 2 is 1.92 bits per heavy atom. The van der Waals surface area contributed by atoms with E-state index in [2.05, 4.69) is 25.9 Å². The molecule has 0 aromatic heterocycles. The lowest BCUT2D eigenvalue weighted by Crippen LogP contribution is -2.28. The van der Waals surface area contributed by atoms with Crippen molar-refractivity contribution in [3.63, 3.8) is 0 Å². The fourth-order valence-corrected chi connectivity index (χ4v) is 1.36. The first kappa shape index (κ1) is 11.6. The second-order valence-corrected chi connectivity index (χ2v) is 3.65. The van der Waals surface area contributed by atoms with Crippen LogP contribution in [0.5, 0.6) is 0 Å². The molecule has 0 saturated heterocycles. The minimum atomic E-state index is 0.304. The highest BCUT2D eigenvalue weighted by molar-refractivity contribution is 5.75. The molecule has 1 unspecified atom stereocenters. The molecule has 0 N–H and O–H groups in total. The predicted octanol–water partition coefficient (Wildman–Crippen LogP) is 2.09. The van der Waals surface area contributed by atoms with E-state index in [1.165, 1.54) is 12.8 Å². The summed E-state index contributed by atoms with van der Waals surface area (Å²) in [4.78, 5) is 13.0. The normalized spacial score (nSPS) is 13.4. The minimum absolute atomic E-state index is 0.304. The molecule has 0 bridgehead atoms. The second kappa shape index (κ2) is 6.18. The zero-order valence-electron chi connectivity index (χ0n) is 8.76. The number of nitrogens with zero attached hydrogens (tertiary/aromatic N) is 1. The van der Waals surface area contributed by atoms with Gasteiger partial charge < -0.3 is 9.69 Å². The highest BCUT2D eigenvalue weighted by Gasteiger charge is 2.10. The van der Waals surface area contributed by atoms with Gasteiger partial charge in [0.25, 0.3) is 0 Å². The summed E-state index contributed by atoms with van der Waals surface area (Å²) in [5.41, 5.74) is 0. The molecule has 0 fully saturated rings. The first-order valence-electron chi connectivity index (χ1n) is 4.73. The van der Waals surface area contributed by atoms with E-state index in [1.54, 1.807) is 6.92 Å². The summed E-state index contributed by atoms with van der Waals surface area (Å²) in [5, 5.41) is 0. The lowest BCUT2D eigenvalue weighted by molar-refractivity contribution is -0.117. The van der Waals surface area contributed by atoms with E-state index in [-0.39, 0.29) is 0 Å².